The smallest absolute Gasteiger partial charge is 0.326 e. The van der Waals surface area contributed by atoms with E-state index in [2.05, 4.69) is 20.1 Å². The van der Waals surface area contributed by atoms with Crippen LogP contribution in [0, 0.1) is 29.6 Å². The van der Waals surface area contributed by atoms with Gasteiger partial charge in [0.2, 0.25) is 5.82 Å². The average molecular weight is 412 g/mol. The van der Waals surface area contributed by atoms with E-state index in [1.807, 2.05) is 0 Å². The van der Waals surface area contributed by atoms with Crippen LogP contribution in [0.25, 0.3) is 17.3 Å². The molecule has 0 radical (unpaired) electrons. The van der Waals surface area contributed by atoms with Gasteiger partial charge in [-0.1, -0.05) is 23.2 Å². The molecule has 0 unspecified atom stereocenters. The standard InChI is InChI=1S/C15H6Cl2F3N7/c1-6-23-14(13-24-10(4-21)11(5-22)25-13)26-27(6)12-8(16)2-7(3-9(12)17)15(18,19)20/h2-3H,1H3,(H,24,25). The number of aromatic nitrogens is 5. The third-order valence-corrected chi connectivity index (χ3v) is 4.03. The van der Waals surface area contributed by atoms with Gasteiger partial charge in [0.15, 0.2) is 17.2 Å². The third-order valence-electron chi connectivity index (χ3n) is 3.46. The number of imidazole rings is 1. The second kappa shape index (κ2) is 6.58. The molecule has 2 heterocycles. The molecule has 0 aliphatic carbocycles. The van der Waals surface area contributed by atoms with Gasteiger partial charge in [0.05, 0.1) is 15.6 Å². The van der Waals surface area contributed by atoms with Crippen LogP contribution in [-0.2, 0) is 6.18 Å². The summed E-state index contributed by atoms with van der Waals surface area (Å²) in [6.07, 6.45) is -4.61. The van der Waals surface area contributed by atoms with Crippen molar-refractivity contribution in [2.24, 2.45) is 0 Å². The van der Waals surface area contributed by atoms with Gasteiger partial charge in [0.25, 0.3) is 0 Å². The van der Waals surface area contributed by atoms with E-state index in [1.54, 1.807) is 12.1 Å². The number of aryl methyl sites for hydroxylation is 1. The highest BCUT2D eigenvalue weighted by molar-refractivity contribution is 6.37. The number of hydrogen-bond acceptors (Lipinski definition) is 5. The number of alkyl halides is 3. The first kappa shape index (κ1) is 18.7. The monoisotopic (exact) mass is 411 g/mol. The number of nitriles is 2. The van der Waals surface area contributed by atoms with Crippen molar-refractivity contribution < 1.29 is 13.2 Å². The lowest BCUT2D eigenvalue weighted by atomic mass is 10.2. The van der Waals surface area contributed by atoms with E-state index in [4.69, 9.17) is 33.7 Å². The van der Waals surface area contributed by atoms with Crippen LogP contribution in [0.3, 0.4) is 0 Å². The summed E-state index contributed by atoms with van der Waals surface area (Å²) >= 11 is 12.0. The molecule has 7 nitrogen and oxygen atoms in total. The number of rotatable bonds is 2. The van der Waals surface area contributed by atoms with E-state index in [0.717, 1.165) is 16.8 Å². The van der Waals surface area contributed by atoms with Crippen LogP contribution >= 0.6 is 23.2 Å². The first-order valence-electron chi connectivity index (χ1n) is 7.06. The predicted octanol–water partition coefficient (Wildman–Crippen LogP) is 4.03. The molecule has 136 valence electrons. The van der Waals surface area contributed by atoms with Crippen molar-refractivity contribution in [2.75, 3.05) is 0 Å². The Morgan fingerprint density at radius 3 is 2.22 bits per heavy atom. The molecule has 12 heteroatoms. The zero-order valence-electron chi connectivity index (χ0n) is 13.2. The van der Waals surface area contributed by atoms with Crippen LogP contribution in [0.2, 0.25) is 10.0 Å². The Hall–Kier alpha value is -3.08. The van der Waals surface area contributed by atoms with E-state index < -0.39 is 11.7 Å². The minimum Gasteiger partial charge on any atom is -0.326 e. The van der Waals surface area contributed by atoms with Crippen molar-refractivity contribution in [2.45, 2.75) is 13.1 Å². The lowest BCUT2D eigenvalue weighted by molar-refractivity contribution is -0.137. The Kier molecular flexibility index (Phi) is 4.56. The van der Waals surface area contributed by atoms with E-state index >= 15 is 0 Å². The van der Waals surface area contributed by atoms with Crippen LogP contribution in [0.4, 0.5) is 13.2 Å². The maximum atomic E-state index is 12.9. The minimum atomic E-state index is -4.61. The van der Waals surface area contributed by atoms with Crippen molar-refractivity contribution >= 4 is 23.2 Å². The Balaban J connectivity index is 2.12. The maximum absolute atomic E-state index is 12.9. The maximum Gasteiger partial charge on any atom is 0.416 e. The zero-order valence-corrected chi connectivity index (χ0v) is 14.7. The topological polar surface area (TPSA) is 107 Å². The van der Waals surface area contributed by atoms with Crippen molar-refractivity contribution in [1.29, 1.82) is 10.5 Å². The first-order valence-corrected chi connectivity index (χ1v) is 7.82. The number of benzene rings is 1. The molecule has 27 heavy (non-hydrogen) atoms. The highest BCUT2D eigenvalue weighted by Crippen LogP contribution is 2.37. The van der Waals surface area contributed by atoms with Crippen molar-refractivity contribution in [3.63, 3.8) is 0 Å². The van der Waals surface area contributed by atoms with E-state index in [0.29, 0.717) is 0 Å². The summed E-state index contributed by atoms with van der Waals surface area (Å²) in [5.74, 6) is 0.309. The molecule has 3 aromatic rings. The number of hydrogen-bond donors (Lipinski definition) is 1. The molecule has 3 rings (SSSR count). The molecule has 0 spiro atoms. The van der Waals surface area contributed by atoms with Gasteiger partial charge >= 0.3 is 6.18 Å². The zero-order chi connectivity index (χ0) is 19.9. The number of nitrogens with one attached hydrogen (secondary N) is 1. The summed E-state index contributed by atoms with van der Waals surface area (Å²) in [5, 5.41) is 21.5. The second-order valence-corrected chi connectivity index (χ2v) is 6.03. The molecule has 0 bridgehead atoms. The third kappa shape index (κ3) is 3.33. The van der Waals surface area contributed by atoms with Crippen molar-refractivity contribution in [3.8, 4) is 29.5 Å². The number of halogens is 5. The summed E-state index contributed by atoms with van der Waals surface area (Å²) in [7, 11) is 0. The van der Waals surface area contributed by atoms with Gasteiger partial charge < -0.3 is 4.98 Å². The van der Waals surface area contributed by atoms with Crippen LogP contribution in [0.5, 0.6) is 0 Å². The fraction of sp³-hybridized carbons (Fsp3) is 0.133. The van der Waals surface area contributed by atoms with Crippen LogP contribution in [0.1, 0.15) is 22.8 Å². The molecule has 0 amide bonds. The number of nitrogens with zero attached hydrogens (tertiary/aromatic N) is 6. The second-order valence-electron chi connectivity index (χ2n) is 5.21. The van der Waals surface area contributed by atoms with Crippen molar-refractivity contribution in [3.05, 3.63) is 45.0 Å². The normalized spacial score (nSPS) is 11.3. The van der Waals surface area contributed by atoms with Gasteiger partial charge in [0.1, 0.15) is 23.7 Å². The predicted molar refractivity (Wildman–Crippen MR) is 88.1 cm³/mol. The highest BCUT2D eigenvalue weighted by Gasteiger charge is 2.32. The molecule has 0 saturated carbocycles. The van der Waals surface area contributed by atoms with Crippen molar-refractivity contribution in [1.82, 2.24) is 24.7 Å². The molecular formula is C15H6Cl2F3N7. The molecule has 0 atom stereocenters. The summed E-state index contributed by atoms with van der Waals surface area (Å²) in [5.41, 5.74) is -1.18. The van der Waals surface area contributed by atoms with Crippen LogP contribution < -0.4 is 0 Å². The fourth-order valence-corrected chi connectivity index (χ4v) is 2.92. The van der Waals surface area contributed by atoms with Crippen LogP contribution in [-0.4, -0.2) is 24.7 Å². The molecule has 1 aromatic carbocycles. The summed E-state index contributed by atoms with van der Waals surface area (Å²) < 4.78 is 39.8. The largest absolute Gasteiger partial charge is 0.416 e. The average Bonchev–Trinajstić information content (AvgIpc) is 3.17. The molecular weight excluding hydrogens is 406 g/mol. The van der Waals surface area contributed by atoms with Gasteiger partial charge in [-0.15, -0.1) is 5.10 Å². The lowest BCUT2D eigenvalue weighted by Gasteiger charge is -2.12. The molecule has 0 fully saturated rings. The Bertz CT molecular complexity index is 1080. The SMILES string of the molecule is Cc1nc(-c2nc(C#N)c(C#N)[nH]2)nn1-c1c(Cl)cc(C(F)(F)F)cc1Cl. The Labute approximate surface area is 159 Å². The summed E-state index contributed by atoms with van der Waals surface area (Å²) in [4.78, 5) is 10.7. The molecule has 0 saturated heterocycles. The molecule has 1 N–H and O–H groups in total. The van der Waals surface area contributed by atoms with Gasteiger partial charge in [-0.05, 0) is 19.1 Å². The van der Waals surface area contributed by atoms with Gasteiger partial charge in [-0.25, -0.2) is 14.6 Å². The molecule has 0 aliphatic rings. The first-order chi connectivity index (χ1) is 12.7. The summed E-state index contributed by atoms with van der Waals surface area (Å²) in [6.45, 7) is 1.53. The number of aromatic amines is 1. The van der Waals surface area contributed by atoms with E-state index in [1.165, 1.54) is 6.92 Å². The minimum absolute atomic E-state index is 0.00940. The van der Waals surface area contributed by atoms with E-state index in [9.17, 15) is 13.2 Å². The molecule has 2 aromatic heterocycles. The number of H-pyrrole nitrogens is 1. The quantitative estimate of drug-likeness (QED) is 0.684. The van der Waals surface area contributed by atoms with Crippen LogP contribution in [0.15, 0.2) is 12.1 Å². The van der Waals surface area contributed by atoms with Gasteiger partial charge in [-0.2, -0.15) is 23.7 Å². The fourth-order valence-electron chi connectivity index (χ4n) is 2.27. The van der Waals surface area contributed by atoms with Gasteiger partial charge in [0, 0.05) is 0 Å². The highest BCUT2D eigenvalue weighted by atomic mass is 35.5. The van der Waals surface area contributed by atoms with E-state index in [-0.39, 0.29) is 44.6 Å². The molecule has 0 aliphatic heterocycles. The van der Waals surface area contributed by atoms with Gasteiger partial charge in [-0.3, -0.25) is 0 Å². The summed E-state index contributed by atoms with van der Waals surface area (Å²) in [6, 6.07) is 5.00. The Morgan fingerprint density at radius 2 is 1.74 bits per heavy atom. The lowest BCUT2D eigenvalue weighted by Crippen LogP contribution is -2.08. The Morgan fingerprint density at radius 1 is 1.11 bits per heavy atom.